The van der Waals surface area contributed by atoms with Gasteiger partial charge in [-0.1, -0.05) is 20.8 Å². The lowest BCUT2D eigenvalue weighted by Crippen LogP contribution is -2.63. The third kappa shape index (κ3) is 5.01. The number of piperazine rings is 1. The van der Waals surface area contributed by atoms with E-state index in [1.165, 1.54) is 19.4 Å². The number of nitrogens with zero attached hydrogens (tertiary/aromatic N) is 1. The van der Waals surface area contributed by atoms with E-state index in [2.05, 4.69) is 51.8 Å². The Labute approximate surface area is 126 Å². The van der Waals surface area contributed by atoms with Crippen molar-refractivity contribution in [3.8, 4) is 0 Å². The molecule has 2 atom stereocenters. The summed E-state index contributed by atoms with van der Waals surface area (Å²) >= 11 is 0. The minimum absolute atomic E-state index is 0.0208. The average Bonchev–Trinajstić information content (AvgIpc) is 2.39. The fraction of sp³-hybridized carbons (Fsp3) is 1.00. The van der Waals surface area contributed by atoms with Crippen LogP contribution < -0.4 is 5.32 Å². The van der Waals surface area contributed by atoms with Gasteiger partial charge in [0.05, 0.1) is 5.60 Å². The molecule has 0 bridgehead atoms. The smallest absolute Gasteiger partial charge is 0.0634 e. The molecule has 3 nitrogen and oxygen atoms in total. The second-order valence-electron chi connectivity index (χ2n) is 7.72. The SMILES string of the molecule is CCC1(C)CNC(CC(C)C)CN1CCC(C)(C)OC. The van der Waals surface area contributed by atoms with E-state index in [0.717, 1.165) is 25.4 Å². The maximum atomic E-state index is 5.58. The van der Waals surface area contributed by atoms with Gasteiger partial charge >= 0.3 is 0 Å². The first-order valence-corrected chi connectivity index (χ1v) is 8.26. The Morgan fingerprint density at radius 3 is 2.55 bits per heavy atom. The molecule has 1 aliphatic rings. The summed E-state index contributed by atoms with van der Waals surface area (Å²) in [5, 5.41) is 3.76. The van der Waals surface area contributed by atoms with Crippen molar-refractivity contribution in [1.29, 1.82) is 0 Å². The van der Waals surface area contributed by atoms with Crippen LogP contribution in [0.2, 0.25) is 0 Å². The predicted octanol–water partition coefficient (Wildman–Crippen LogP) is 3.29. The summed E-state index contributed by atoms with van der Waals surface area (Å²) in [5.41, 5.74) is 0.268. The predicted molar refractivity (Wildman–Crippen MR) is 87.2 cm³/mol. The molecular formula is C17H36N2O. The highest BCUT2D eigenvalue weighted by molar-refractivity contribution is 4.95. The van der Waals surface area contributed by atoms with Crippen LogP contribution in [-0.2, 0) is 4.74 Å². The van der Waals surface area contributed by atoms with Crippen LogP contribution in [0.3, 0.4) is 0 Å². The number of nitrogens with one attached hydrogen (secondary N) is 1. The molecule has 0 aromatic rings. The lowest BCUT2D eigenvalue weighted by molar-refractivity contribution is -0.0164. The Hall–Kier alpha value is -0.120. The maximum Gasteiger partial charge on any atom is 0.0634 e. The molecule has 0 amide bonds. The van der Waals surface area contributed by atoms with Gasteiger partial charge in [-0.05, 0) is 46.0 Å². The summed E-state index contributed by atoms with van der Waals surface area (Å²) in [6.07, 6.45) is 3.55. The highest BCUT2D eigenvalue weighted by atomic mass is 16.5. The molecule has 1 fully saturated rings. The third-order valence-electron chi connectivity index (χ3n) is 5.03. The van der Waals surface area contributed by atoms with Crippen LogP contribution in [0.15, 0.2) is 0 Å². The summed E-state index contributed by atoms with van der Waals surface area (Å²) < 4.78 is 5.58. The largest absolute Gasteiger partial charge is 0.379 e. The molecule has 1 rings (SSSR count). The molecule has 3 heteroatoms. The number of hydrogen-bond acceptors (Lipinski definition) is 3. The monoisotopic (exact) mass is 284 g/mol. The first-order valence-electron chi connectivity index (χ1n) is 8.26. The Balaban J connectivity index is 2.64. The maximum absolute atomic E-state index is 5.58. The summed E-state index contributed by atoms with van der Waals surface area (Å²) in [6.45, 7) is 17.1. The zero-order valence-electron chi connectivity index (χ0n) is 14.8. The number of methoxy groups -OCH3 is 1. The highest BCUT2D eigenvalue weighted by Gasteiger charge is 2.36. The zero-order valence-corrected chi connectivity index (χ0v) is 14.8. The number of ether oxygens (including phenoxy) is 1. The van der Waals surface area contributed by atoms with Gasteiger partial charge in [0.15, 0.2) is 0 Å². The molecule has 0 radical (unpaired) electrons. The standard InChI is InChI=1S/C17H36N2O/c1-8-17(6)13-18-15(11-14(2)3)12-19(17)10-9-16(4,5)20-7/h14-15,18H,8-13H2,1-7H3. The van der Waals surface area contributed by atoms with Gasteiger partial charge in [-0.3, -0.25) is 4.90 Å². The second kappa shape index (κ2) is 7.24. The molecule has 0 aromatic carbocycles. The molecule has 0 spiro atoms. The van der Waals surface area contributed by atoms with E-state index in [9.17, 15) is 0 Å². The highest BCUT2D eigenvalue weighted by Crippen LogP contribution is 2.26. The molecule has 0 aromatic heterocycles. The lowest BCUT2D eigenvalue weighted by Gasteiger charge is -2.49. The van der Waals surface area contributed by atoms with Crippen LogP contribution in [0.1, 0.15) is 60.8 Å². The topological polar surface area (TPSA) is 24.5 Å². The quantitative estimate of drug-likeness (QED) is 0.776. The minimum atomic E-state index is -0.0208. The van der Waals surface area contributed by atoms with Crippen molar-refractivity contribution >= 4 is 0 Å². The van der Waals surface area contributed by atoms with Crippen LogP contribution in [0, 0.1) is 5.92 Å². The van der Waals surface area contributed by atoms with Crippen molar-refractivity contribution in [2.75, 3.05) is 26.7 Å². The van der Waals surface area contributed by atoms with E-state index in [1.807, 2.05) is 7.11 Å². The number of rotatable bonds is 7. The summed E-state index contributed by atoms with van der Waals surface area (Å²) in [4.78, 5) is 2.69. The van der Waals surface area contributed by atoms with Crippen LogP contribution in [0.4, 0.5) is 0 Å². The Morgan fingerprint density at radius 1 is 1.40 bits per heavy atom. The summed E-state index contributed by atoms with van der Waals surface area (Å²) in [5.74, 6) is 0.760. The fourth-order valence-electron chi connectivity index (χ4n) is 2.97. The molecule has 120 valence electrons. The van der Waals surface area contributed by atoms with Gasteiger partial charge in [0.25, 0.3) is 0 Å². The van der Waals surface area contributed by atoms with Crippen molar-refractivity contribution in [2.24, 2.45) is 5.92 Å². The average molecular weight is 284 g/mol. The molecule has 20 heavy (non-hydrogen) atoms. The molecule has 2 unspecified atom stereocenters. The van der Waals surface area contributed by atoms with Crippen molar-refractivity contribution in [3.63, 3.8) is 0 Å². The van der Waals surface area contributed by atoms with E-state index in [-0.39, 0.29) is 11.1 Å². The molecule has 1 heterocycles. The molecular weight excluding hydrogens is 248 g/mol. The Bertz CT molecular complexity index is 291. The van der Waals surface area contributed by atoms with Gasteiger partial charge in [0, 0.05) is 38.3 Å². The lowest BCUT2D eigenvalue weighted by atomic mass is 9.89. The minimum Gasteiger partial charge on any atom is -0.379 e. The van der Waals surface area contributed by atoms with E-state index in [1.54, 1.807) is 0 Å². The van der Waals surface area contributed by atoms with Crippen molar-refractivity contribution in [2.45, 2.75) is 78.0 Å². The van der Waals surface area contributed by atoms with Gasteiger partial charge in [-0.2, -0.15) is 0 Å². The molecule has 0 saturated carbocycles. The van der Waals surface area contributed by atoms with E-state index >= 15 is 0 Å². The van der Waals surface area contributed by atoms with Crippen LogP contribution in [-0.4, -0.2) is 48.8 Å². The molecule has 1 N–H and O–H groups in total. The second-order valence-corrected chi connectivity index (χ2v) is 7.72. The molecule has 0 aliphatic carbocycles. The summed E-state index contributed by atoms with van der Waals surface area (Å²) in [6, 6.07) is 0.639. The van der Waals surface area contributed by atoms with Gasteiger partial charge in [-0.15, -0.1) is 0 Å². The van der Waals surface area contributed by atoms with Crippen LogP contribution in [0.25, 0.3) is 0 Å². The normalized spacial score (nSPS) is 29.1. The Kier molecular flexibility index (Phi) is 6.49. The fourth-order valence-corrected chi connectivity index (χ4v) is 2.97. The molecule has 1 saturated heterocycles. The molecule has 1 aliphatic heterocycles. The van der Waals surface area contributed by atoms with Crippen LogP contribution >= 0.6 is 0 Å². The first-order chi connectivity index (χ1) is 9.22. The van der Waals surface area contributed by atoms with Crippen molar-refractivity contribution in [1.82, 2.24) is 10.2 Å². The van der Waals surface area contributed by atoms with Gasteiger partial charge in [0.2, 0.25) is 0 Å². The Morgan fingerprint density at radius 2 is 2.05 bits per heavy atom. The van der Waals surface area contributed by atoms with Gasteiger partial charge in [-0.25, -0.2) is 0 Å². The summed E-state index contributed by atoms with van der Waals surface area (Å²) in [7, 11) is 1.82. The van der Waals surface area contributed by atoms with E-state index in [0.29, 0.717) is 6.04 Å². The van der Waals surface area contributed by atoms with Crippen LogP contribution in [0.5, 0.6) is 0 Å². The van der Waals surface area contributed by atoms with Crippen molar-refractivity contribution < 1.29 is 4.74 Å². The zero-order chi connectivity index (χ0) is 15.4. The van der Waals surface area contributed by atoms with E-state index in [4.69, 9.17) is 4.74 Å². The third-order valence-corrected chi connectivity index (χ3v) is 5.03. The first kappa shape index (κ1) is 17.9. The van der Waals surface area contributed by atoms with Crippen molar-refractivity contribution in [3.05, 3.63) is 0 Å². The number of hydrogen-bond donors (Lipinski definition) is 1. The van der Waals surface area contributed by atoms with E-state index < -0.39 is 0 Å². The van der Waals surface area contributed by atoms with Gasteiger partial charge in [0.1, 0.15) is 0 Å². The van der Waals surface area contributed by atoms with Gasteiger partial charge < -0.3 is 10.1 Å².